The highest BCUT2D eigenvalue weighted by molar-refractivity contribution is 6.59. The number of nitrogens with one attached hydrogen (secondary N) is 1. The molecule has 16 radical (unpaired) electrons. The first-order chi connectivity index (χ1) is 12.8. The number of carbonyl (C=O) groups is 1. The molecule has 1 N–H and O–H groups in total. The van der Waals surface area contributed by atoms with Gasteiger partial charge >= 0.3 is 0 Å². The molecular formula is C15H10B8N2O3. The molecule has 0 atom stereocenters. The number of methoxy groups -OCH3 is 1. The standard InChI is InChI=1S/C15H10B8N2O3/c1-27-9-4-2-3-8-11(9)7(6-24-8)5-10(26)25-12(16,17)14(20,21)28-15(22,23)13(25,18)19/h2-4,6,24H,5H2,1H3. The van der Waals surface area contributed by atoms with Crippen LogP contribution in [0.5, 0.6) is 5.75 Å². The van der Waals surface area contributed by atoms with E-state index in [0.29, 0.717) is 21.6 Å². The van der Waals surface area contributed by atoms with Gasteiger partial charge in [-0.05, 0) is 39.2 Å². The van der Waals surface area contributed by atoms with Crippen molar-refractivity contribution in [3.05, 3.63) is 30.0 Å². The van der Waals surface area contributed by atoms with E-state index in [1.165, 1.54) is 7.11 Å². The summed E-state index contributed by atoms with van der Waals surface area (Å²) in [6.07, 6.45) is 1.39. The molecule has 28 heavy (non-hydrogen) atoms. The summed E-state index contributed by atoms with van der Waals surface area (Å²) < 4.78 is 10.5. The van der Waals surface area contributed by atoms with Gasteiger partial charge in [0, 0.05) is 17.1 Å². The number of benzene rings is 1. The molecular weight excluding hydrogens is 343 g/mol. The van der Waals surface area contributed by atoms with E-state index in [9.17, 15) is 4.79 Å². The van der Waals surface area contributed by atoms with Crippen molar-refractivity contribution in [2.24, 2.45) is 0 Å². The third-order valence-electron chi connectivity index (χ3n) is 4.89. The van der Waals surface area contributed by atoms with Gasteiger partial charge in [-0.25, -0.2) is 0 Å². The maximum atomic E-state index is 13.2. The molecule has 1 aliphatic heterocycles. The molecule has 0 spiro atoms. The zero-order chi connectivity index (χ0) is 21.1. The minimum Gasteiger partial charge on any atom is -0.496 e. The minimum absolute atomic E-state index is 0.237. The number of amides is 1. The lowest BCUT2D eigenvalue weighted by molar-refractivity contribution is -0.156. The highest BCUT2D eigenvalue weighted by Gasteiger charge is 2.58. The zero-order valence-corrected chi connectivity index (χ0v) is 15.3. The smallest absolute Gasteiger partial charge is 0.225 e. The molecule has 0 bridgehead atoms. The van der Waals surface area contributed by atoms with Crippen LogP contribution in [0.25, 0.3) is 10.9 Å². The maximum absolute atomic E-state index is 13.2. The molecule has 0 aliphatic carbocycles. The van der Waals surface area contributed by atoms with Gasteiger partial charge in [-0.15, -0.1) is 0 Å². The largest absolute Gasteiger partial charge is 0.496 e. The van der Waals surface area contributed by atoms with Crippen LogP contribution in [0.1, 0.15) is 5.56 Å². The van der Waals surface area contributed by atoms with Crippen molar-refractivity contribution >= 4 is 79.6 Å². The molecule has 2 aromatic rings. The molecule has 1 amide bonds. The van der Waals surface area contributed by atoms with Crippen molar-refractivity contribution in [1.29, 1.82) is 0 Å². The topological polar surface area (TPSA) is 54.6 Å². The van der Waals surface area contributed by atoms with E-state index in [1.54, 1.807) is 18.3 Å². The third-order valence-corrected chi connectivity index (χ3v) is 4.89. The van der Waals surface area contributed by atoms with Crippen LogP contribution in [-0.2, 0) is 16.0 Å². The Hall–Kier alpha value is -1.49. The van der Waals surface area contributed by atoms with Gasteiger partial charge in [-0.1, -0.05) is 6.07 Å². The second-order valence-electron chi connectivity index (χ2n) is 6.94. The Bertz CT molecular complexity index is 901. The van der Waals surface area contributed by atoms with Gasteiger partial charge in [-0.3, -0.25) is 4.79 Å². The van der Waals surface area contributed by atoms with E-state index in [-0.39, 0.29) is 6.42 Å². The molecule has 1 aromatic heterocycles. The fraction of sp³-hybridized carbons (Fsp3) is 0.400. The highest BCUT2D eigenvalue weighted by atomic mass is 16.5. The van der Waals surface area contributed by atoms with Crippen LogP contribution in [0.4, 0.5) is 0 Å². The Morgan fingerprint density at radius 3 is 2.18 bits per heavy atom. The molecule has 1 fully saturated rings. The summed E-state index contributed by atoms with van der Waals surface area (Å²) in [7, 11) is 48.7. The quantitative estimate of drug-likeness (QED) is 0.624. The van der Waals surface area contributed by atoms with E-state index in [4.69, 9.17) is 72.2 Å². The number of ether oxygens (including phenoxy) is 2. The number of hydrogen-bond donors (Lipinski definition) is 1. The number of fused-ring (bicyclic) bond motifs is 1. The lowest BCUT2D eigenvalue weighted by Crippen LogP contribution is -2.86. The summed E-state index contributed by atoms with van der Waals surface area (Å²) in [5, 5.41) is -8.65. The number of rotatable bonds is 3. The van der Waals surface area contributed by atoms with Crippen LogP contribution >= 0.6 is 0 Å². The van der Waals surface area contributed by atoms with E-state index in [0.717, 1.165) is 5.52 Å². The number of H-pyrrole nitrogens is 1. The van der Waals surface area contributed by atoms with Gasteiger partial charge in [0.1, 0.15) is 37.1 Å². The number of hydrogen-bond acceptors (Lipinski definition) is 3. The average molecular weight is 353 g/mol. The first-order valence-electron chi connectivity index (χ1n) is 8.23. The van der Waals surface area contributed by atoms with E-state index >= 15 is 0 Å². The summed E-state index contributed by atoms with van der Waals surface area (Å²) in [5.74, 6) is -0.174. The van der Waals surface area contributed by atoms with E-state index in [2.05, 4.69) is 4.98 Å². The van der Waals surface area contributed by atoms with Crippen LogP contribution in [0, 0.1) is 0 Å². The number of nitrogens with zero attached hydrogens (tertiary/aromatic N) is 1. The first-order valence-corrected chi connectivity index (χ1v) is 8.23. The minimum atomic E-state index is -2.34. The second-order valence-corrected chi connectivity index (χ2v) is 6.94. The Morgan fingerprint density at radius 2 is 1.64 bits per heavy atom. The first kappa shape index (κ1) is 21.2. The highest BCUT2D eigenvalue weighted by Crippen LogP contribution is 2.40. The Kier molecular flexibility index (Phi) is 4.94. The number of carbonyl (C=O) groups excluding carboxylic acids is 1. The molecule has 0 unspecified atom stereocenters. The summed E-state index contributed by atoms with van der Waals surface area (Å²) in [4.78, 5) is 16.9. The van der Waals surface area contributed by atoms with Crippen molar-refractivity contribution in [3.63, 3.8) is 0 Å². The predicted molar refractivity (Wildman–Crippen MR) is 113 cm³/mol. The maximum Gasteiger partial charge on any atom is 0.225 e. The Balaban J connectivity index is 2.06. The third kappa shape index (κ3) is 2.97. The van der Waals surface area contributed by atoms with Crippen molar-refractivity contribution < 1.29 is 14.3 Å². The van der Waals surface area contributed by atoms with Crippen molar-refractivity contribution in [3.8, 4) is 5.75 Å². The van der Waals surface area contributed by atoms with Gasteiger partial charge < -0.3 is 19.4 Å². The fourth-order valence-corrected chi connectivity index (χ4v) is 3.28. The summed E-state index contributed by atoms with van der Waals surface area (Å²) in [6, 6.07) is 5.37. The molecule has 1 aromatic carbocycles. The van der Waals surface area contributed by atoms with E-state index in [1.807, 2.05) is 6.07 Å². The SMILES string of the molecule is [B]C1([B])OC([B])([B])C([B])([B])N(C(=O)Cc2c[nH]c3cccc(OC)c23)C1([B])[B]. The molecule has 1 saturated heterocycles. The van der Waals surface area contributed by atoms with Crippen molar-refractivity contribution in [2.75, 3.05) is 7.11 Å². The van der Waals surface area contributed by atoms with Gasteiger partial charge in [0.25, 0.3) is 0 Å². The number of aromatic nitrogens is 1. The molecule has 5 nitrogen and oxygen atoms in total. The molecule has 2 heterocycles. The molecule has 13 heteroatoms. The van der Waals surface area contributed by atoms with Crippen molar-refractivity contribution in [1.82, 2.24) is 9.88 Å². The predicted octanol–water partition coefficient (Wildman–Crippen LogP) is -2.46. The number of aromatic amines is 1. The van der Waals surface area contributed by atoms with Gasteiger partial charge in [0.05, 0.1) is 44.9 Å². The Labute approximate surface area is 174 Å². The zero-order valence-electron chi connectivity index (χ0n) is 15.3. The normalized spacial score (nSPS) is 22.0. The van der Waals surface area contributed by atoms with Crippen molar-refractivity contribution in [2.45, 2.75) is 27.9 Å². The van der Waals surface area contributed by atoms with Crippen LogP contribution in [-0.4, -0.2) is 107 Å². The van der Waals surface area contributed by atoms with Crippen LogP contribution in [0.3, 0.4) is 0 Å². The Morgan fingerprint density at radius 1 is 1.07 bits per heavy atom. The monoisotopic (exact) mass is 354 g/mol. The number of morpholine rings is 1. The summed E-state index contributed by atoms with van der Waals surface area (Å²) in [6.45, 7) is 0. The second kappa shape index (κ2) is 6.51. The molecule has 3 rings (SSSR count). The van der Waals surface area contributed by atoms with E-state index < -0.39 is 27.4 Å². The molecule has 0 saturated carbocycles. The van der Waals surface area contributed by atoms with Gasteiger partial charge in [-0.2, -0.15) is 0 Å². The van der Waals surface area contributed by atoms with Crippen LogP contribution in [0.2, 0.25) is 0 Å². The molecule has 122 valence electrons. The molecule has 1 aliphatic rings. The van der Waals surface area contributed by atoms with Gasteiger partial charge in [0.15, 0.2) is 0 Å². The summed E-state index contributed by atoms with van der Waals surface area (Å²) >= 11 is 0. The van der Waals surface area contributed by atoms with Crippen LogP contribution < -0.4 is 4.74 Å². The fourth-order valence-electron chi connectivity index (χ4n) is 3.28. The lowest BCUT2D eigenvalue weighted by atomic mass is 9.30. The lowest BCUT2D eigenvalue weighted by Gasteiger charge is -2.70. The average Bonchev–Trinajstić information content (AvgIpc) is 2.95. The van der Waals surface area contributed by atoms with Crippen LogP contribution in [0.15, 0.2) is 24.4 Å². The van der Waals surface area contributed by atoms with Gasteiger partial charge in [0.2, 0.25) is 5.91 Å². The summed E-state index contributed by atoms with van der Waals surface area (Å²) in [5.41, 5.74) is 1.32.